The average molecular weight is 370 g/mol. The average Bonchev–Trinajstić information content (AvgIpc) is 2.71. The van der Waals surface area contributed by atoms with Gasteiger partial charge in [-0.1, -0.05) is 6.92 Å². The van der Waals surface area contributed by atoms with E-state index in [2.05, 4.69) is 27.1 Å². The molecule has 1 unspecified atom stereocenters. The summed E-state index contributed by atoms with van der Waals surface area (Å²) in [7, 11) is 1.62. The van der Waals surface area contributed by atoms with E-state index in [9.17, 15) is 4.79 Å². The lowest BCUT2D eigenvalue weighted by Crippen LogP contribution is -2.35. The van der Waals surface area contributed by atoms with Gasteiger partial charge in [-0.05, 0) is 43.0 Å². The molecule has 0 aliphatic carbocycles. The van der Waals surface area contributed by atoms with Gasteiger partial charge in [0.2, 0.25) is 0 Å². The van der Waals surface area contributed by atoms with Crippen molar-refractivity contribution in [3.05, 3.63) is 42.4 Å². The first kappa shape index (κ1) is 18.9. The third-order valence-corrected chi connectivity index (χ3v) is 4.58. The molecule has 7 heteroatoms. The van der Waals surface area contributed by atoms with E-state index in [1.54, 1.807) is 13.2 Å². The minimum atomic E-state index is -0.220. The summed E-state index contributed by atoms with van der Waals surface area (Å²) in [4.78, 5) is 23.0. The van der Waals surface area contributed by atoms with Gasteiger partial charge in [0.1, 0.15) is 35.9 Å². The summed E-state index contributed by atoms with van der Waals surface area (Å²) in [6.07, 6.45) is 3.84. The maximum atomic E-state index is 12.3. The van der Waals surface area contributed by atoms with E-state index in [0.717, 1.165) is 36.8 Å². The SMILES string of the molecule is COc1ccc(OCCNC(=O)c2cc(N3CCCC(C)C3)ncn2)cc1. The molecule has 1 aromatic heterocycles. The van der Waals surface area contributed by atoms with Crippen molar-refractivity contribution in [2.24, 2.45) is 5.92 Å². The van der Waals surface area contributed by atoms with E-state index in [1.165, 1.54) is 12.7 Å². The van der Waals surface area contributed by atoms with E-state index in [0.29, 0.717) is 24.8 Å². The van der Waals surface area contributed by atoms with Crippen LogP contribution in [0.5, 0.6) is 11.5 Å². The van der Waals surface area contributed by atoms with E-state index >= 15 is 0 Å². The van der Waals surface area contributed by atoms with Crippen LogP contribution in [0.25, 0.3) is 0 Å². The Morgan fingerprint density at radius 2 is 2.04 bits per heavy atom. The molecule has 1 atom stereocenters. The molecular weight excluding hydrogens is 344 g/mol. The summed E-state index contributed by atoms with van der Waals surface area (Å²) < 4.78 is 10.7. The summed E-state index contributed by atoms with van der Waals surface area (Å²) in [5, 5.41) is 2.83. The Morgan fingerprint density at radius 3 is 2.78 bits per heavy atom. The number of nitrogens with one attached hydrogen (secondary N) is 1. The Bertz CT molecular complexity index is 751. The smallest absolute Gasteiger partial charge is 0.270 e. The first-order chi connectivity index (χ1) is 13.2. The third kappa shape index (κ3) is 5.32. The number of nitrogens with zero attached hydrogens (tertiary/aromatic N) is 3. The second-order valence-corrected chi connectivity index (χ2v) is 6.73. The van der Waals surface area contributed by atoms with Crippen molar-refractivity contribution in [2.45, 2.75) is 19.8 Å². The molecule has 2 aromatic rings. The molecule has 7 nitrogen and oxygen atoms in total. The maximum Gasteiger partial charge on any atom is 0.270 e. The highest BCUT2D eigenvalue weighted by molar-refractivity contribution is 5.92. The predicted molar refractivity (Wildman–Crippen MR) is 103 cm³/mol. The highest BCUT2D eigenvalue weighted by Crippen LogP contribution is 2.21. The van der Waals surface area contributed by atoms with Gasteiger partial charge in [0.05, 0.1) is 13.7 Å². The van der Waals surface area contributed by atoms with Crippen molar-refractivity contribution in [1.29, 1.82) is 0 Å². The van der Waals surface area contributed by atoms with Gasteiger partial charge in [0.15, 0.2) is 0 Å². The number of rotatable bonds is 7. The van der Waals surface area contributed by atoms with Gasteiger partial charge in [-0.3, -0.25) is 4.79 Å². The number of carbonyl (C=O) groups excluding carboxylic acids is 1. The van der Waals surface area contributed by atoms with Crippen LogP contribution in [0, 0.1) is 5.92 Å². The van der Waals surface area contributed by atoms with E-state index in [4.69, 9.17) is 9.47 Å². The molecule has 0 bridgehead atoms. The van der Waals surface area contributed by atoms with Gasteiger partial charge in [-0.15, -0.1) is 0 Å². The van der Waals surface area contributed by atoms with Crippen molar-refractivity contribution in [1.82, 2.24) is 15.3 Å². The fourth-order valence-corrected chi connectivity index (χ4v) is 3.14. The zero-order valence-corrected chi connectivity index (χ0v) is 15.9. The summed E-state index contributed by atoms with van der Waals surface area (Å²) in [5.41, 5.74) is 0.377. The monoisotopic (exact) mass is 370 g/mol. The van der Waals surface area contributed by atoms with Crippen LogP contribution >= 0.6 is 0 Å². The lowest BCUT2D eigenvalue weighted by Gasteiger charge is -2.31. The van der Waals surface area contributed by atoms with Crippen molar-refractivity contribution >= 4 is 11.7 Å². The van der Waals surface area contributed by atoms with Gasteiger partial charge in [-0.2, -0.15) is 0 Å². The van der Waals surface area contributed by atoms with Crippen LogP contribution in [0.2, 0.25) is 0 Å². The fourth-order valence-electron chi connectivity index (χ4n) is 3.14. The highest BCUT2D eigenvalue weighted by Gasteiger charge is 2.19. The van der Waals surface area contributed by atoms with E-state index in [-0.39, 0.29) is 5.91 Å². The summed E-state index contributed by atoms with van der Waals surface area (Å²) in [5.74, 6) is 2.74. The number of piperidine rings is 1. The van der Waals surface area contributed by atoms with Crippen LogP contribution < -0.4 is 19.7 Å². The Labute approximate surface area is 159 Å². The Morgan fingerprint density at radius 1 is 1.26 bits per heavy atom. The van der Waals surface area contributed by atoms with Crippen LogP contribution in [0.3, 0.4) is 0 Å². The molecule has 3 rings (SSSR count). The van der Waals surface area contributed by atoms with Crippen LogP contribution in [-0.2, 0) is 0 Å². The number of anilines is 1. The summed E-state index contributed by atoms with van der Waals surface area (Å²) >= 11 is 0. The zero-order valence-electron chi connectivity index (χ0n) is 15.9. The predicted octanol–water partition coefficient (Wildman–Crippen LogP) is 2.53. The normalized spacial score (nSPS) is 16.7. The molecule has 0 spiro atoms. The van der Waals surface area contributed by atoms with Gasteiger partial charge in [0, 0.05) is 19.2 Å². The lowest BCUT2D eigenvalue weighted by atomic mass is 10.0. The van der Waals surface area contributed by atoms with Crippen LogP contribution in [0.1, 0.15) is 30.3 Å². The topological polar surface area (TPSA) is 76.6 Å². The molecular formula is C20H26N4O3. The molecule has 2 heterocycles. The number of ether oxygens (including phenoxy) is 2. The van der Waals surface area contributed by atoms with Crippen molar-refractivity contribution in [3.63, 3.8) is 0 Å². The Balaban J connectivity index is 1.48. The number of amides is 1. The molecule has 0 saturated carbocycles. The molecule has 1 aliphatic heterocycles. The fraction of sp³-hybridized carbons (Fsp3) is 0.450. The summed E-state index contributed by atoms with van der Waals surface area (Å²) in [6, 6.07) is 9.08. The maximum absolute atomic E-state index is 12.3. The Hall–Kier alpha value is -2.83. The lowest BCUT2D eigenvalue weighted by molar-refractivity contribution is 0.0942. The molecule has 27 heavy (non-hydrogen) atoms. The third-order valence-electron chi connectivity index (χ3n) is 4.58. The number of carbonyl (C=O) groups is 1. The first-order valence-electron chi connectivity index (χ1n) is 9.28. The van der Waals surface area contributed by atoms with Gasteiger partial charge in [0.25, 0.3) is 5.91 Å². The van der Waals surface area contributed by atoms with Crippen molar-refractivity contribution in [2.75, 3.05) is 38.3 Å². The quantitative estimate of drug-likeness (QED) is 0.755. The largest absolute Gasteiger partial charge is 0.497 e. The van der Waals surface area contributed by atoms with E-state index in [1.807, 2.05) is 24.3 Å². The molecule has 1 aromatic carbocycles. The molecule has 1 saturated heterocycles. The second-order valence-electron chi connectivity index (χ2n) is 6.73. The van der Waals surface area contributed by atoms with Crippen molar-refractivity contribution in [3.8, 4) is 11.5 Å². The van der Waals surface area contributed by atoms with Gasteiger partial charge < -0.3 is 19.7 Å². The first-order valence-corrected chi connectivity index (χ1v) is 9.28. The number of hydrogen-bond donors (Lipinski definition) is 1. The second kappa shape index (κ2) is 9.21. The molecule has 144 valence electrons. The van der Waals surface area contributed by atoms with Crippen molar-refractivity contribution < 1.29 is 14.3 Å². The number of aromatic nitrogens is 2. The number of benzene rings is 1. The standard InChI is InChI=1S/C20H26N4O3/c1-15-4-3-10-24(13-15)19-12-18(22-14-23-19)20(25)21-9-11-27-17-7-5-16(26-2)6-8-17/h5-8,12,14-15H,3-4,9-11,13H2,1-2H3,(H,21,25). The molecule has 1 N–H and O–H groups in total. The molecule has 1 amide bonds. The minimum Gasteiger partial charge on any atom is -0.497 e. The summed E-state index contributed by atoms with van der Waals surface area (Å²) in [6.45, 7) is 4.94. The molecule has 1 fully saturated rings. The number of methoxy groups -OCH3 is 1. The van der Waals surface area contributed by atoms with Gasteiger partial charge in [-0.25, -0.2) is 9.97 Å². The van der Waals surface area contributed by atoms with Crippen LogP contribution in [-0.4, -0.2) is 49.2 Å². The van der Waals surface area contributed by atoms with E-state index < -0.39 is 0 Å². The highest BCUT2D eigenvalue weighted by atomic mass is 16.5. The minimum absolute atomic E-state index is 0.220. The van der Waals surface area contributed by atoms with Crippen LogP contribution in [0.15, 0.2) is 36.7 Å². The zero-order chi connectivity index (χ0) is 19.1. The molecule has 0 radical (unpaired) electrons. The Kier molecular flexibility index (Phi) is 6.46. The molecule has 1 aliphatic rings. The van der Waals surface area contributed by atoms with Crippen LogP contribution in [0.4, 0.5) is 5.82 Å². The number of hydrogen-bond acceptors (Lipinski definition) is 6. The van der Waals surface area contributed by atoms with Gasteiger partial charge >= 0.3 is 0 Å².